The Balaban J connectivity index is 1.64. The third kappa shape index (κ3) is 5.38. The van der Waals surface area contributed by atoms with Crippen molar-refractivity contribution >= 4 is 19.7 Å². The minimum atomic E-state index is -2.37. The third-order valence-corrected chi connectivity index (χ3v) is 7.38. The number of fused-ring (bicyclic) bond motifs is 1. The normalized spacial score (nSPS) is 12.0. The molecular formula is C19H29NO3Si. The minimum absolute atomic E-state index is 0.897. The molecule has 0 fully saturated rings. The molecule has 0 N–H and O–H groups in total. The summed E-state index contributed by atoms with van der Waals surface area (Å²) >= 11 is 0. The van der Waals surface area contributed by atoms with Crippen molar-refractivity contribution in [3.63, 3.8) is 0 Å². The molecule has 5 heteroatoms. The van der Waals surface area contributed by atoms with Crippen molar-refractivity contribution in [2.45, 2.75) is 44.6 Å². The summed E-state index contributed by atoms with van der Waals surface area (Å²) in [5.41, 5.74) is 2.48. The number of pyridine rings is 1. The molecule has 1 aromatic heterocycles. The van der Waals surface area contributed by atoms with Gasteiger partial charge in [0.1, 0.15) is 0 Å². The molecule has 0 spiro atoms. The molecule has 4 nitrogen and oxygen atoms in total. The number of rotatable bonds is 11. The number of unbranched alkanes of at least 4 members (excludes halogenated alkanes) is 4. The molecule has 0 bridgehead atoms. The van der Waals surface area contributed by atoms with Crippen LogP contribution in [0.5, 0.6) is 0 Å². The van der Waals surface area contributed by atoms with Gasteiger partial charge in [-0.05, 0) is 43.0 Å². The lowest BCUT2D eigenvalue weighted by molar-refractivity contribution is 0.122. The number of hydrogen-bond acceptors (Lipinski definition) is 4. The van der Waals surface area contributed by atoms with Gasteiger partial charge in [-0.25, -0.2) is 0 Å². The van der Waals surface area contributed by atoms with Crippen molar-refractivity contribution in [2.75, 3.05) is 21.3 Å². The average molecular weight is 348 g/mol. The molecule has 0 atom stereocenters. The fraction of sp³-hybridized carbons (Fsp3) is 0.526. The van der Waals surface area contributed by atoms with Crippen LogP contribution in [0.15, 0.2) is 36.5 Å². The van der Waals surface area contributed by atoms with Crippen molar-refractivity contribution < 1.29 is 13.3 Å². The van der Waals surface area contributed by atoms with Crippen molar-refractivity contribution in [1.82, 2.24) is 4.98 Å². The topological polar surface area (TPSA) is 40.6 Å². The molecule has 2 rings (SSSR count). The van der Waals surface area contributed by atoms with Gasteiger partial charge in [0, 0.05) is 39.0 Å². The summed E-state index contributed by atoms with van der Waals surface area (Å²) < 4.78 is 16.3. The number of aromatic nitrogens is 1. The Morgan fingerprint density at radius 2 is 1.58 bits per heavy atom. The monoisotopic (exact) mass is 347 g/mol. The summed E-state index contributed by atoms with van der Waals surface area (Å²) in [4.78, 5) is 4.37. The fourth-order valence-electron chi connectivity index (χ4n) is 3.04. The molecule has 0 radical (unpaired) electrons. The first-order valence-corrected chi connectivity index (χ1v) is 10.7. The van der Waals surface area contributed by atoms with E-state index in [0.29, 0.717) is 0 Å². The summed E-state index contributed by atoms with van der Waals surface area (Å²) in [6, 6.07) is 11.6. The van der Waals surface area contributed by atoms with E-state index in [1.54, 1.807) is 21.3 Å². The first-order chi connectivity index (χ1) is 11.7. The molecular weight excluding hydrogens is 318 g/mol. The summed E-state index contributed by atoms with van der Waals surface area (Å²) in [6.07, 6.45) is 9.01. The fourth-order valence-corrected chi connectivity index (χ4v) is 4.83. The Bertz CT molecular complexity index is 608. The van der Waals surface area contributed by atoms with Gasteiger partial charge in [-0.15, -0.1) is 0 Å². The van der Waals surface area contributed by atoms with Gasteiger partial charge in [0.2, 0.25) is 0 Å². The highest BCUT2D eigenvalue weighted by Gasteiger charge is 2.36. The van der Waals surface area contributed by atoms with Crippen molar-refractivity contribution in [1.29, 1.82) is 0 Å². The van der Waals surface area contributed by atoms with E-state index in [1.165, 1.54) is 36.6 Å². The van der Waals surface area contributed by atoms with E-state index in [2.05, 4.69) is 29.2 Å². The summed E-state index contributed by atoms with van der Waals surface area (Å²) in [5.74, 6) is 0. The maximum atomic E-state index is 5.45. The van der Waals surface area contributed by atoms with Crippen LogP contribution in [0.4, 0.5) is 0 Å². The average Bonchev–Trinajstić information content (AvgIpc) is 2.64. The Labute approximate surface area is 146 Å². The van der Waals surface area contributed by atoms with E-state index < -0.39 is 8.80 Å². The van der Waals surface area contributed by atoms with E-state index in [0.717, 1.165) is 24.4 Å². The molecule has 132 valence electrons. The maximum Gasteiger partial charge on any atom is 0.500 e. The molecule has 24 heavy (non-hydrogen) atoms. The lowest BCUT2D eigenvalue weighted by Crippen LogP contribution is -2.42. The van der Waals surface area contributed by atoms with Gasteiger partial charge in [-0.2, -0.15) is 0 Å². The predicted molar refractivity (Wildman–Crippen MR) is 100 cm³/mol. The van der Waals surface area contributed by atoms with Gasteiger partial charge in [0.15, 0.2) is 0 Å². The standard InChI is InChI=1S/C19H29NO3Si/c1-21-24(22-2,23-3)15-8-6-4-5-7-10-17-12-13-19-18(16-17)11-9-14-20-19/h9,11-14,16H,4-8,10,15H2,1-3H3. The number of hydrogen-bond donors (Lipinski definition) is 0. The van der Waals surface area contributed by atoms with E-state index >= 15 is 0 Å². The van der Waals surface area contributed by atoms with E-state index in [9.17, 15) is 0 Å². The summed E-state index contributed by atoms with van der Waals surface area (Å²) in [6.45, 7) is 0. The lowest BCUT2D eigenvalue weighted by Gasteiger charge is -2.24. The van der Waals surface area contributed by atoms with Crippen molar-refractivity contribution in [3.8, 4) is 0 Å². The highest BCUT2D eigenvalue weighted by Crippen LogP contribution is 2.19. The van der Waals surface area contributed by atoms with Gasteiger partial charge in [0.25, 0.3) is 0 Å². The Kier molecular flexibility index (Phi) is 7.85. The van der Waals surface area contributed by atoms with Crippen LogP contribution in [-0.4, -0.2) is 35.1 Å². The molecule has 0 aliphatic carbocycles. The van der Waals surface area contributed by atoms with Gasteiger partial charge in [-0.3, -0.25) is 4.98 Å². The molecule has 0 saturated carbocycles. The zero-order valence-electron chi connectivity index (χ0n) is 15.1. The zero-order valence-corrected chi connectivity index (χ0v) is 16.1. The second-order valence-corrected chi connectivity index (χ2v) is 9.18. The highest BCUT2D eigenvalue weighted by molar-refractivity contribution is 6.60. The third-order valence-electron chi connectivity index (χ3n) is 4.55. The number of nitrogens with zero attached hydrogens (tertiary/aromatic N) is 1. The highest BCUT2D eigenvalue weighted by atomic mass is 28.4. The van der Waals surface area contributed by atoms with E-state index in [4.69, 9.17) is 13.3 Å². The summed E-state index contributed by atoms with van der Waals surface area (Å²) in [5, 5.41) is 1.23. The van der Waals surface area contributed by atoms with Crippen LogP contribution in [0.25, 0.3) is 10.9 Å². The smallest absolute Gasteiger partial charge is 0.377 e. The molecule has 0 unspecified atom stereocenters. The molecule has 0 aliphatic rings. The van der Waals surface area contributed by atoms with Crippen LogP contribution in [0.1, 0.15) is 37.7 Å². The van der Waals surface area contributed by atoms with E-state index in [-0.39, 0.29) is 0 Å². The lowest BCUT2D eigenvalue weighted by atomic mass is 10.0. The molecule has 1 aromatic carbocycles. The Morgan fingerprint density at radius 3 is 2.33 bits per heavy atom. The van der Waals surface area contributed by atoms with Crippen molar-refractivity contribution in [3.05, 3.63) is 42.1 Å². The van der Waals surface area contributed by atoms with Crippen LogP contribution in [0.3, 0.4) is 0 Å². The van der Waals surface area contributed by atoms with Crippen LogP contribution in [0.2, 0.25) is 6.04 Å². The van der Waals surface area contributed by atoms with Crippen LogP contribution >= 0.6 is 0 Å². The zero-order chi connectivity index (χ0) is 17.3. The predicted octanol–water partition coefficient (Wildman–Crippen LogP) is 4.61. The minimum Gasteiger partial charge on any atom is -0.377 e. The molecule has 1 heterocycles. The number of aryl methyl sites for hydroxylation is 1. The molecule has 0 saturated heterocycles. The molecule has 0 amide bonds. The maximum absolute atomic E-state index is 5.45. The first kappa shape index (κ1) is 19.1. The van der Waals surface area contributed by atoms with Gasteiger partial charge in [0.05, 0.1) is 5.52 Å². The Morgan fingerprint density at radius 1 is 0.875 bits per heavy atom. The van der Waals surface area contributed by atoms with Gasteiger partial charge < -0.3 is 13.3 Å². The second kappa shape index (κ2) is 9.89. The quantitative estimate of drug-likeness (QED) is 0.440. The number of benzene rings is 1. The van der Waals surface area contributed by atoms with Crippen molar-refractivity contribution in [2.24, 2.45) is 0 Å². The van der Waals surface area contributed by atoms with Gasteiger partial charge in [-0.1, -0.05) is 31.4 Å². The van der Waals surface area contributed by atoms with E-state index in [1.807, 2.05) is 12.3 Å². The first-order valence-electron chi connectivity index (χ1n) is 8.72. The molecule has 2 aromatic rings. The SMILES string of the molecule is CO[Si](CCCCCCCc1ccc2ncccc2c1)(OC)OC. The van der Waals surface area contributed by atoms with Crippen LogP contribution < -0.4 is 0 Å². The van der Waals surface area contributed by atoms with Crippen LogP contribution in [-0.2, 0) is 19.7 Å². The largest absolute Gasteiger partial charge is 0.500 e. The molecule has 0 aliphatic heterocycles. The Hall–Kier alpha value is -1.27. The second-order valence-electron chi connectivity index (χ2n) is 6.09. The summed E-state index contributed by atoms with van der Waals surface area (Å²) in [7, 11) is 2.67. The van der Waals surface area contributed by atoms with Gasteiger partial charge >= 0.3 is 8.80 Å². The van der Waals surface area contributed by atoms with Crippen LogP contribution in [0, 0.1) is 0 Å².